The van der Waals surface area contributed by atoms with Crippen LogP contribution in [0.5, 0.6) is 0 Å². The lowest BCUT2D eigenvalue weighted by Gasteiger charge is -2.43. The molecule has 208 valence electrons. The summed E-state index contributed by atoms with van der Waals surface area (Å²) in [5.41, 5.74) is 1.53. The predicted octanol–water partition coefficient (Wildman–Crippen LogP) is 4.25. The second kappa shape index (κ2) is 10.2. The predicted molar refractivity (Wildman–Crippen MR) is 139 cm³/mol. The van der Waals surface area contributed by atoms with Crippen molar-refractivity contribution in [3.63, 3.8) is 0 Å². The van der Waals surface area contributed by atoms with E-state index in [9.17, 15) is 33.3 Å². The number of aliphatic hydroxyl groups is 3. The van der Waals surface area contributed by atoms with Gasteiger partial charge in [-0.2, -0.15) is 0 Å². The summed E-state index contributed by atoms with van der Waals surface area (Å²) in [7, 11) is 0. The van der Waals surface area contributed by atoms with Gasteiger partial charge in [0.2, 0.25) is 0 Å². The highest BCUT2D eigenvalue weighted by molar-refractivity contribution is 6.07. The molecular formula is C28H31F3N4O4. The van der Waals surface area contributed by atoms with E-state index in [4.69, 9.17) is 5.73 Å². The molecule has 0 radical (unpaired) electrons. The van der Waals surface area contributed by atoms with Gasteiger partial charge in [-0.3, -0.25) is 9.78 Å². The van der Waals surface area contributed by atoms with Crippen LogP contribution in [0.15, 0.2) is 36.7 Å². The summed E-state index contributed by atoms with van der Waals surface area (Å²) in [6, 6.07) is 4.18. The van der Waals surface area contributed by atoms with Crippen molar-refractivity contribution in [3.8, 4) is 11.3 Å². The lowest BCUT2D eigenvalue weighted by atomic mass is 9.69. The normalized spacial score (nSPS) is 23.5. The highest BCUT2D eigenvalue weighted by Gasteiger charge is 2.43. The van der Waals surface area contributed by atoms with E-state index in [0.29, 0.717) is 12.0 Å². The quantitative estimate of drug-likeness (QED) is 0.323. The number of carbonyl (C=O) groups excluding carboxylic acids is 1. The third-order valence-electron chi connectivity index (χ3n) is 7.57. The average Bonchev–Trinajstić information content (AvgIpc) is 2.83. The van der Waals surface area contributed by atoms with Gasteiger partial charge in [0.15, 0.2) is 11.5 Å². The average molecular weight is 545 g/mol. The van der Waals surface area contributed by atoms with Crippen molar-refractivity contribution in [1.82, 2.24) is 9.97 Å². The Labute approximate surface area is 223 Å². The largest absolute Gasteiger partial charge is 0.397 e. The third-order valence-corrected chi connectivity index (χ3v) is 7.57. The Balaban J connectivity index is 1.69. The number of hydrogen-bond acceptors (Lipinski definition) is 7. The maximum Gasteiger partial charge on any atom is 0.276 e. The smallest absolute Gasteiger partial charge is 0.276 e. The van der Waals surface area contributed by atoms with Gasteiger partial charge in [-0.15, -0.1) is 0 Å². The van der Waals surface area contributed by atoms with E-state index in [0.717, 1.165) is 18.2 Å². The van der Waals surface area contributed by atoms with Crippen LogP contribution in [0.2, 0.25) is 0 Å². The fourth-order valence-corrected chi connectivity index (χ4v) is 4.91. The van der Waals surface area contributed by atoms with Gasteiger partial charge in [0.05, 0.1) is 40.4 Å². The summed E-state index contributed by atoms with van der Waals surface area (Å²) in [6.07, 6.45) is 2.70. The van der Waals surface area contributed by atoms with E-state index in [-0.39, 0.29) is 35.2 Å². The van der Waals surface area contributed by atoms with Gasteiger partial charge in [0, 0.05) is 12.3 Å². The Morgan fingerprint density at radius 3 is 2.38 bits per heavy atom. The van der Waals surface area contributed by atoms with Crippen LogP contribution in [-0.2, 0) is 5.60 Å². The van der Waals surface area contributed by atoms with Gasteiger partial charge in [-0.25, -0.2) is 18.2 Å². The van der Waals surface area contributed by atoms with Crippen LogP contribution in [0.3, 0.4) is 0 Å². The number of nitrogens with two attached hydrogens (primary N) is 1. The zero-order chi connectivity index (χ0) is 28.9. The second-order valence-corrected chi connectivity index (χ2v) is 10.9. The van der Waals surface area contributed by atoms with Crippen molar-refractivity contribution in [2.75, 3.05) is 11.1 Å². The maximum atomic E-state index is 14.9. The number of carbonyl (C=O) groups is 1. The van der Waals surface area contributed by atoms with Gasteiger partial charge < -0.3 is 26.4 Å². The number of hydrogen-bond donors (Lipinski definition) is 5. The van der Waals surface area contributed by atoms with Gasteiger partial charge in [-0.1, -0.05) is 6.92 Å². The number of aromatic nitrogens is 2. The maximum absolute atomic E-state index is 14.9. The number of amides is 1. The molecule has 0 spiro atoms. The number of pyridine rings is 2. The lowest BCUT2D eigenvalue weighted by molar-refractivity contribution is -0.123. The molecule has 1 fully saturated rings. The number of halogens is 3. The van der Waals surface area contributed by atoms with Gasteiger partial charge in [0.25, 0.3) is 5.91 Å². The molecule has 2 aromatic heterocycles. The van der Waals surface area contributed by atoms with E-state index in [1.165, 1.54) is 26.2 Å². The molecule has 11 heteroatoms. The molecule has 39 heavy (non-hydrogen) atoms. The molecule has 1 aliphatic rings. The summed E-state index contributed by atoms with van der Waals surface area (Å²) >= 11 is 0. The summed E-state index contributed by atoms with van der Waals surface area (Å²) in [6.45, 7) is 6.09. The summed E-state index contributed by atoms with van der Waals surface area (Å²) < 4.78 is 44.7. The first-order valence-electron chi connectivity index (χ1n) is 12.4. The molecule has 1 aromatic carbocycles. The van der Waals surface area contributed by atoms with Crippen LogP contribution in [0.1, 0.15) is 68.1 Å². The topological polar surface area (TPSA) is 142 Å². The van der Waals surface area contributed by atoms with E-state index < -0.39 is 57.6 Å². The first-order valence-corrected chi connectivity index (χ1v) is 12.4. The molecule has 8 nitrogen and oxygen atoms in total. The number of nitrogens with zero attached hydrogens (tertiary/aromatic N) is 2. The van der Waals surface area contributed by atoms with Crippen molar-refractivity contribution in [2.24, 2.45) is 5.92 Å². The summed E-state index contributed by atoms with van der Waals surface area (Å²) in [5.74, 6) is -4.83. The summed E-state index contributed by atoms with van der Waals surface area (Å²) in [5, 5.41) is 33.8. The number of benzene rings is 1. The molecule has 0 saturated heterocycles. The van der Waals surface area contributed by atoms with Crippen molar-refractivity contribution in [1.29, 1.82) is 0 Å². The fourth-order valence-electron chi connectivity index (χ4n) is 4.91. The minimum atomic E-state index is -1.55. The monoisotopic (exact) mass is 544 g/mol. The highest BCUT2D eigenvalue weighted by Crippen LogP contribution is 2.43. The SMILES string of the molecule is C[C@H]1C[C@@H](c2ccncc2NC(=O)c2nc(-c3c(F)cc(C(C)(C)O)cc3F)c(F)cc2N)C[C@@H](O)[C@]1(C)O. The van der Waals surface area contributed by atoms with Gasteiger partial charge in [-0.05, 0) is 74.8 Å². The lowest BCUT2D eigenvalue weighted by Crippen LogP contribution is -2.49. The summed E-state index contributed by atoms with van der Waals surface area (Å²) in [4.78, 5) is 21.2. The Kier molecular flexibility index (Phi) is 7.46. The van der Waals surface area contributed by atoms with Crippen LogP contribution < -0.4 is 11.1 Å². The molecule has 1 aliphatic carbocycles. The Morgan fingerprint density at radius 2 is 1.79 bits per heavy atom. The van der Waals surface area contributed by atoms with Gasteiger partial charge >= 0.3 is 0 Å². The number of anilines is 2. The Morgan fingerprint density at radius 1 is 1.15 bits per heavy atom. The number of nitrogen functional groups attached to an aromatic ring is 1. The first-order chi connectivity index (χ1) is 18.1. The Hall–Kier alpha value is -3.54. The minimum Gasteiger partial charge on any atom is -0.397 e. The molecular weight excluding hydrogens is 513 g/mol. The van der Waals surface area contributed by atoms with E-state index in [2.05, 4.69) is 15.3 Å². The molecule has 6 N–H and O–H groups in total. The third kappa shape index (κ3) is 5.47. The highest BCUT2D eigenvalue weighted by atomic mass is 19.1. The number of rotatable bonds is 5. The van der Waals surface area contributed by atoms with E-state index in [1.807, 2.05) is 6.92 Å². The molecule has 1 amide bonds. The molecule has 4 rings (SSSR count). The van der Waals surface area contributed by atoms with Crippen molar-refractivity contribution >= 4 is 17.3 Å². The first kappa shape index (κ1) is 28.5. The molecule has 2 heterocycles. The van der Waals surface area contributed by atoms with Crippen LogP contribution in [0, 0.1) is 23.4 Å². The number of aliphatic hydroxyl groups excluding tert-OH is 1. The van der Waals surface area contributed by atoms with Gasteiger partial charge in [0.1, 0.15) is 17.3 Å². The molecule has 0 unspecified atom stereocenters. The number of nitrogens with one attached hydrogen (secondary N) is 1. The minimum absolute atomic E-state index is 0.0668. The Bertz CT molecular complexity index is 1390. The van der Waals surface area contributed by atoms with Crippen molar-refractivity contribution < 1.29 is 33.3 Å². The van der Waals surface area contributed by atoms with E-state index >= 15 is 0 Å². The zero-order valence-corrected chi connectivity index (χ0v) is 22.0. The fraction of sp³-hybridized carbons (Fsp3) is 0.393. The van der Waals surface area contributed by atoms with Crippen LogP contribution in [0.4, 0.5) is 24.5 Å². The van der Waals surface area contributed by atoms with Crippen molar-refractivity contribution in [2.45, 2.75) is 63.8 Å². The zero-order valence-electron chi connectivity index (χ0n) is 22.0. The van der Waals surface area contributed by atoms with Crippen molar-refractivity contribution in [3.05, 3.63) is 70.9 Å². The molecule has 3 aromatic rings. The molecule has 4 atom stereocenters. The van der Waals surface area contributed by atoms with Crippen LogP contribution in [-0.4, -0.2) is 42.9 Å². The van der Waals surface area contributed by atoms with Crippen LogP contribution in [0.25, 0.3) is 11.3 Å². The van der Waals surface area contributed by atoms with E-state index in [1.54, 1.807) is 13.0 Å². The second-order valence-electron chi connectivity index (χ2n) is 10.9. The molecule has 1 saturated carbocycles. The standard InChI is InChI=1S/C28H31F3N4O4/c1-13-7-14(8-22(36)28(13,4)39)16-5-6-33-12-21(16)34-26(37)25-20(32)11-19(31)24(35-25)23-17(29)9-15(10-18(23)30)27(2,3)38/h5-6,9-14,22,36,38-39H,7-8,32H2,1-4H3,(H,34,37)/t13-,14+,22+,28+/m0/s1. The van der Waals surface area contributed by atoms with Crippen LogP contribution >= 0.6 is 0 Å². The molecule has 0 bridgehead atoms. The molecule has 0 aliphatic heterocycles.